The van der Waals surface area contributed by atoms with Crippen LogP contribution in [0.3, 0.4) is 0 Å². The molecule has 1 aliphatic heterocycles. The van der Waals surface area contributed by atoms with E-state index in [1.54, 1.807) is 0 Å². The largest absolute Gasteiger partial charge is 0.474 e. The first-order valence-electron chi connectivity index (χ1n) is 8.86. The standard InChI is InChI=1S/C18H31NO4/c1-18(2,3)23-17(14-7-4-8-14)19-11-5-10-16(20)22-13-15-9-6-12-21-15/h15,19H,4-13H2,1-3H3. The van der Waals surface area contributed by atoms with Crippen LogP contribution in [0, 0.1) is 0 Å². The molecule has 0 aromatic heterocycles. The van der Waals surface area contributed by atoms with Gasteiger partial charge in [0.2, 0.25) is 0 Å². The van der Waals surface area contributed by atoms with Crippen LogP contribution in [-0.4, -0.2) is 37.4 Å². The Morgan fingerprint density at radius 1 is 1.30 bits per heavy atom. The SMILES string of the molecule is CC(C)(C)OC(NCCCC(=O)OCC1CCCO1)=C1CCC1. The van der Waals surface area contributed by atoms with Gasteiger partial charge in [-0.25, -0.2) is 0 Å². The van der Waals surface area contributed by atoms with Gasteiger partial charge in [0.25, 0.3) is 0 Å². The topological polar surface area (TPSA) is 56.8 Å². The molecule has 1 saturated carbocycles. The first-order chi connectivity index (χ1) is 10.9. The fourth-order valence-corrected chi connectivity index (χ4v) is 2.59. The van der Waals surface area contributed by atoms with Gasteiger partial charge >= 0.3 is 5.97 Å². The number of hydrogen-bond acceptors (Lipinski definition) is 5. The molecular formula is C18H31NO4. The molecule has 1 heterocycles. The number of hydrogen-bond donors (Lipinski definition) is 1. The summed E-state index contributed by atoms with van der Waals surface area (Å²) in [5.41, 5.74) is 1.16. The summed E-state index contributed by atoms with van der Waals surface area (Å²) < 4.78 is 16.7. The van der Waals surface area contributed by atoms with Crippen LogP contribution >= 0.6 is 0 Å². The van der Waals surface area contributed by atoms with Crippen molar-refractivity contribution >= 4 is 5.97 Å². The molecule has 0 amide bonds. The summed E-state index contributed by atoms with van der Waals surface area (Å²) in [6, 6.07) is 0. The summed E-state index contributed by atoms with van der Waals surface area (Å²) in [5, 5.41) is 3.36. The average molecular weight is 325 g/mol. The monoisotopic (exact) mass is 325 g/mol. The molecule has 2 rings (SSSR count). The van der Waals surface area contributed by atoms with Gasteiger partial charge in [0.1, 0.15) is 12.2 Å². The number of carbonyl (C=O) groups excluding carboxylic acids is 1. The van der Waals surface area contributed by atoms with Gasteiger partial charge in [-0.05, 0) is 64.9 Å². The zero-order chi connectivity index (χ0) is 16.7. The molecule has 0 spiro atoms. The molecule has 0 radical (unpaired) electrons. The van der Waals surface area contributed by atoms with Crippen LogP contribution in [0.25, 0.3) is 0 Å². The Hall–Kier alpha value is -1.23. The van der Waals surface area contributed by atoms with E-state index in [1.165, 1.54) is 12.0 Å². The van der Waals surface area contributed by atoms with Crippen LogP contribution in [0.5, 0.6) is 0 Å². The molecule has 1 saturated heterocycles. The molecule has 0 bridgehead atoms. The summed E-state index contributed by atoms with van der Waals surface area (Å²) >= 11 is 0. The summed E-state index contributed by atoms with van der Waals surface area (Å²) in [6.45, 7) is 8.07. The zero-order valence-corrected chi connectivity index (χ0v) is 14.8. The van der Waals surface area contributed by atoms with E-state index < -0.39 is 0 Å². The number of rotatable bonds is 8. The van der Waals surface area contributed by atoms with Gasteiger partial charge in [0, 0.05) is 19.6 Å². The third-order valence-electron chi connectivity index (χ3n) is 3.98. The van der Waals surface area contributed by atoms with E-state index in [-0.39, 0.29) is 17.7 Å². The molecule has 2 aliphatic rings. The second-order valence-electron chi connectivity index (χ2n) is 7.35. The average Bonchev–Trinajstić information content (AvgIpc) is 2.90. The maximum Gasteiger partial charge on any atom is 0.305 e. The van der Waals surface area contributed by atoms with E-state index >= 15 is 0 Å². The van der Waals surface area contributed by atoms with Gasteiger partial charge < -0.3 is 19.5 Å². The van der Waals surface area contributed by atoms with Crippen molar-refractivity contribution in [2.45, 2.75) is 77.4 Å². The van der Waals surface area contributed by atoms with Crippen LogP contribution in [-0.2, 0) is 19.0 Å². The molecule has 1 unspecified atom stereocenters. The lowest BCUT2D eigenvalue weighted by molar-refractivity contribution is -0.146. The smallest absolute Gasteiger partial charge is 0.305 e. The molecule has 1 N–H and O–H groups in total. The van der Waals surface area contributed by atoms with Crippen LogP contribution in [0.2, 0.25) is 0 Å². The maximum absolute atomic E-state index is 11.7. The maximum atomic E-state index is 11.7. The van der Waals surface area contributed by atoms with Crippen LogP contribution in [0.15, 0.2) is 11.5 Å². The summed E-state index contributed by atoms with van der Waals surface area (Å²) in [7, 11) is 0. The molecule has 23 heavy (non-hydrogen) atoms. The van der Waals surface area contributed by atoms with E-state index in [2.05, 4.69) is 26.1 Å². The third kappa shape index (κ3) is 6.81. The lowest BCUT2D eigenvalue weighted by Gasteiger charge is -2.29. The second-order valence-corrected chi connectivity index (χ2v) is 7.35. The van der Waals surface area contributed by atoms with E-state index in [1.807, 2.05) is 0 Å². The van der Waals surface area contributed by atoms with E-state index in [4.69, 9.17) is 14.2 Å². The molecule has 0 aromatic carbocycles. The van der Waals surface area contributed by atoms with Crippen molar-refractivity contribution in [1.29, 1.82) is 0 Å². The Morgan fingerprint density at radius 3 is 2.65 bits per heavy atom. The molecule has 132 valence electrons. The Kier molecular flexibility index (Phi) is 6.75. The summed E-state index contributed by atoms with van der Waals surface area (Å²) in [4.78, 5) is 11.7. The molecular weight excluding hydrogens is 294 g/mol. The molecule has 5 nitrogen and oxygen atoms in total. The molecule has 0 aromatic rings. The zero-order valence-electron chi connectivity index (χ0n) is 14.8. The second kappa shape index (κ2) is 8.57. The fraction of sp³-hybridized carbons (Fsp3) is 0.833. The van der Waals surface area contributed by atoms with Crippen LogP contribution < -0.4 is 5.32 Å². The van der Waals surface area contributed by atoms with Gasteiger partial charge in [-0.1, -0.05) is 0 Å². The van der Waals surface area contributed by atoms with Crippen molar-refractivity contribution in [3.63, 3.8) is 0 Å². The van der Waals surface area contributed by atoms with Crippen molar-refractivity contribution < 1.29 is 19.0 Å². The molecule has 1 aliphatic carbocycles. The number of carbonyl (C=O) groups is 1. The predicted octanol–water partition coefficient (Wildman–Crippen LogP) is 3.29. The van der Waals surface area contributed by atoms with Gasteiger partial charge in [0.15, 0.2) is 5.88 Å². The van der Waals surface area contributed by atoms with Gasteiger partial charge in [-0.3, -0.25) is 4.79 Å². The van der Waals surface area contributed by atoms with Crippen molar-refractivity contribution in [3.8, 4) is 0 Å². The quantitative estimate of drug-likeness (QED) is 0.421. The Bertz CT molecular complexity index is 413. The third-order valence-corrected chi connectivity index (χ3v) is 3.98. The molecule has 5 heteroatoms. The summed E-state index contributed by atoms with van der Waals surface area (Å²) in [6.07, 6.45) is 6.81. The molecule has 2 fully saturated rings. The van der Waals surface area contributed by atoms with Gasteiger partial charge in [-0.15, -0.1) is 0 Å². The number of allylic oxidation sites excluding steroid dienone is 1. The highest BCUT2D eigenvalue weighted by Crippen LogP contribution is 2.30. The highest BCUT2D eigenvalue weighted by Gasteiger charge is 2.21. The minimum atomic E-state index is -0.203. The van der Waals surface area contributed by atoms with Crippen LogP contribution in [0.1, 0.15) is 65.7 Å². The Morgan fingerprint density at radius 2 is 2.09 bits per heavy atom. The normalized spacial score (nSPS) is 20.8. The minimum absolute atomic E-state index is 0.104. The predicted molar refractivity (Wildman–Crippen MR) is 88.9 cm³/mol. The van der Waals surface area contributed by atoms with Crippen molar-refractivity contribution in [1.82, 2.24) is 5.32 Å². The van der Waals surface area contributed by atoms with Gasteiger partial charge in [-0.2, -0.15) is 0 Å². The van der Waals surface area contributed by atoms with Gasteiger partial charge in [0.05, 0.1) is 6.10 Å². The van der Waals surface area contributed by atoms with E-state index in [9.17, 15) is 4.79 Å². The number of ether oxygens (including phenoxy) is 3. The first kappa shape index (κ1) is 18.1. The van der Waals surface area contributed by atoms with Crippen molar-refractivity contribution in [2.75, 3.05) is 19.8 Å². The summed E-state index contributed by atoms with van der Waals surface area (Å²) in [5.74, 6) is 0.772. The highest BCUT2D eigenvalue weighted by molar-refractivity contribution is 5.69. The van der Waals surface area contributed by atoms with E-state index in [0.29, 0.717) is 13.0 Å². The lowest BCUT2D eigenvalue weighted by atomic mass is 9.92. The lowest BCUT2D eigenvalue weighted by Crippen LogP contribution is -2.29. The number of nitrogens with one attached hydrogen (secondary N) is 1. The Labute approximate surface area is 139 Å². The first-order valence-corrected chi connectivity index (χ1v) is 8.86. The van der Waals surface area contributed by atoms with E-state index in [0.717, 1.165) is 51.1 Å². The fourth-order valence-electron chi connectivity index (χ4n) is 2.59. The highest BCUT2D eigenvalue weighted by atomic mass is 16.6. The van der Waals surface area contributed by atoms with Crippen molar-refractivity contribution in [2.24, 2.45) is 0 Å². The Balaban J connectivity index is 1.61. The van der Waals surface area contributed by atoms with Crippen molar-refractivity contribution in [3.05, 3.63) is 11.5 Å². The minimum Gasteiger partial charge on any atom is -0.474 e. The van der Waals surface area contributed by atoms with Crippen LogP contribution in [0.4, 0.5) is 0 Å². The molecule has 1 atom stereocenters. The number of esters is 1.